The van der Waals surface area contributed by atoms with Crippen molar-refractivity contribution >= 4 is 39.3 Å². The van der Waals surface area contributed by atoms with Crippen LogP contribution in [0.3, 0.4) is 0 Å². The minimum Gasteiger partial charge on any atom is -0.487 e. The van der Waals surface area contributed by atoms with E-state index in [4.69, 9.17) is 25.8 Å². The third-order valence-corrected chi connectivity index (χ3v) is 13.7. The fraction of sp³-hybridized carbons (Fsp3) is 0.590. The number of rotatable bonds is 2. The van der Waals surface area contributed by atoms with Crippen molar-refractivity contribution in [3.8, 4) is 5.75 Å². The van der Waals surface area contributed by atoms with E-state index in [0.717, 1.165) is 62.5 Å². The minimum absolute atomic E-state index is 0.0218. The largest absolute Gasteiger partial charge is 0.487 e. The molecular formula is C39H51ClN4O7S. The molecule has 2 bridgehead atoms. The number of hydrogen-bond acceptors (Lipinski definition) is 9. The highest BCUT2D eigenvalue weighted by molar-refractivity contribution is 7.90. The Hall–Kier alpha value is -3.32. The molecular weight excluding hydrogens is 704 g/mol. The average molecular weight is 755 g/mol. The number of nitrogens with zero attached hydrogens (tertiary/aromatic N) is 3. The second-order valence-electron chi connectivity index (χ2n) is 15.1. The zero-order chi connectivity index (χ0) is 36.5. The van der Waals surface area contributed by atoms with Gasteiger partial charge < -0.3 is 24.0 Å². The van der Waals surface area contributed by atoms with Crippen molar-refractivity contribution in [1.29, 1.82) is 0 Å². The van der Waals surface area contributed by atoms with Gasteiger partial charge in [0, 0.05) is 50.8 Å². The lowest BCUT2D eigenvalue weighted by molar-refractivity contribution is -0.136. The third-order valence-electron chi connectivity index (χ3n) is 12.1. The van der Waals surface area contributed by atoms with Crippen LogP contribution in [0, 0.1) is 11.8 Å². The Morgan fingerprint density at radius 3 is 2.52 bits per heavy atom. The van der Waals surface area contributed by atoms with Gasteiger partial charge in [0.15, 0.2) is 0 Å². The first-order valence-corrected chi connectivity index (χ1v) is 20.6. The van der Waals surface area contributed by atoms with E-state index in [9.17, 15) is 18.0 Å². The molecule has 2 aromatic carbocycles. The van der Waals surface area contributed by atoms with E-state index in [1.807, 2.05) is 42.3 Å². The average Bonchev–Trinajstić information content (AvgIpc) is 3.12. The van der Waals surface area contributed by atoms with Crippen LogP contribution in [0.5, 0.6) is 5.75 Å². The fourth-order valence-electron chi connectivity index (χ4n) is 8.45. The van der Waals surface area contributed by atoms with Gasteiger partial charge in [-0.05, 0) is 125 Å². The molecule has 11 nitrogen and oxygen atoms in total. The number of fused-ring (bicyclic) bond motifs is 3. The SMILES string of the molecule is COC1CCN(C(=O)O[C@H]2/C=C/CN(C)C3(CCC3)C(=O)NS(=O)(=O)c3ccc4c(c3)N(CCCCc3cc(Cl)ccc3CO4)C[C@@H]3CC[C@H]32)CC1. The third kappa shape index (κ3) is 7.67. The van der Waals surface area contributed by atoms with Crippen LogP contribution in [-0.2, 0) is 37.3 Å². The predicted octanol–water partition coefficient (Wildman–Crippen LogP) is 5.93. The lowest BCUT2D eigenvalue weighted by Gasteiger charge is -2.47. The zero-order valence-corrected chi connectivity index (χ0v) is 31.8. The molecule has 3 fully saturated rings. The van der Waals surface area contributed by atoms with E-state index in [1.54, 1.807) is 24.1 Å². The number of likely N-dealkylation sites (tertiary alicyclic amines) is 1. The van der Waals surface area contributed by atoms with Gasteiger partial charge in [-0.3, -0.25) is 9.69 Å². The van der Waals surface area contributed by atoms with E-state index in [2.05, 4.69) is 9.62 Å². The summed E-state index contributed by atoms with van der Waals surface area (Å²) in [7, 11) is -0.623. The molecule has 1 spiro atoms. The van der Waals surface area contributed by atoms with Crippen LogP contribution in [-0.4, -0.2) is 94.8 Å². The highest BCUT2D eigenvalue weighted by Crippen LogP contribution is 2.43. The van der Waals surface area contributed by atoms with Gasteiger partial charge in [0.25, 0.3) is 15.9 Å². The van der Waals surface area contributed by atoms with Gasteiger partial charge in [0.2, 0.25) is 0 Å². The maximum atomic E-state index is 13.9. The Morgan fingerprint density at radius 2 is 1.81 bits per heavy atom. The Bertz CT molecular complexity index is 1780. The number of sulfonamides is 1. The number of hydrogen-bond donors (Lipinski definition) is 1. The summed E-state index contributed by atoms with van der Waals surface area (Å²) in [5.41, 5.74) is 1.91. The Kier molecular flexibility index (Phi) is 11.1. The molecule has 1 N–H and O–H groups in total. The molecule has 0 aromatic heterocycles. The number of methoxy groups -OCH3 is 1. The van der Waals surface area contributed by atoms with Crippen molar-refractivity contribution in [2.24, 2.45) is 11.8 Å². The number of likely N-dealkylation sites (N-methyl/N-ethyl adjacent to an activating group) is 1. The Labute approximate surface area is 312 Å². The number of anilines is 1. The first-order chi connectivity index (χ1) is 25.1. The molecule has 3 aliphatic heterocycles. The molecule has 2 aromatic rings. The number of piperidine rings is 1. The number of benzene rings is 2. The van der Waals surface area contributed by atoms with Crippen LogP contribution in [0.2, 0.25) is 5.02 Å². The monoisotopic (exact) mass is 754 g/mol. The minimum atomic E-state index is -4.19. The normalized spacial score (nSPS) is 27.4. The van der Waals surface area contributed by atoms with Crippen molar-refractivity contribution in [3.63, 3.8) is 0 Å². The van der Waals surface area contributed by atoms with E-state index in [-0.39, 0.29) is 28.9 Å². The summed E-state index contributed by atoms with van der Waals surface area (Å²) in [6.45, 7) is 3.21. The molecule has 52 heavy (non-hydrogen) atoms. The maximum absolute atomic E-state index is 13.9. The molecule has 282 valence electrons. The quantitative estimate of drug-likeness (QED) is 0.373. The zero-order valence-electron chi connectivity index (χ0n) is 30.2. The molecule has 3 atom stereocenters. The molecule has 13 heteroatoms. The molecule has 2 amide bonds. The van der Waals surface area contributed by atoms with E-state index in [0.29, 0.717) is 68.6 Å². The van der Waals surface area contributed by atoms with E-state index >= 15 is 0 Å². The van der Waals surface area contributed by atoms with Crippen molar-refractivity contribution < 1.29 is 32.2 Å². The summed E-state index contributed by atoms with van der Waals surface area (Å²) in [4.78, 5) is 33.4. The summed E-state index contributed by atoms with van der Waals surface area (Å²) in [5.74, 6) is 0.321. The van der Waals surface area contributed by atoms with Crippen molar-refractivity contribution in [2.45, 2.75) is 93.5 Å². The van der Waals surface area contributed by atoms with Gasteiger partial charge in [-0.15, -0.1) is 0 Å². The molecule has 3 heterocycles. The first kappa shape index (κ1) is 37.0. The number of aryl methyl sites for hydroxylation is 1. The summed E-state index contributed by atoms with van der Waals surface area (Å²) >= 11 is 6.38. The van der Waals surface area contributed by atoms with Crippen molar-refractivity contribution in [2.75, 3.05) is 51.8 Å². The molecule has 2 saturated carbocycles. The number of carbonyl (C=O) groups excluding carboxylic acids is 2. The van der Waals surface area contributed by atoms with Gasteiger partial charge in [-0.25, -0.2) is 17.9 Å². The standard InChI is InChI=1S/C39H51ClN4O7S/c1-42-19-5-8-35(51-38(46)43-21-15-31(49-2)16-22-43)33-13-10-28(33)25-44-20-4-3-7-27-23-30(40)11-9-29(27)26-50-36-14-12-32(24-34(36)44)52(47,48)41-37(45)39(42)17-6-18-39/h5,8-9,11-12,14,23-24,28,31,33,35H,3-4,6-7,10,13,15-22,25-26H2,1-2H3,(H,41,45)/b8-5+/t28-,33+,35-/m0/s1. The van der Waals surface area contributed by atoms with Gasteiger partial charge in [0.1, 0.15) is 24.0 Å². The predicted molar refractivity (Wildman–Crippen MR) is 199 cm³/mol. The number of carbonyl (C=O) groups is 2. The molecule has 2 aliphatic carbocycles. The van der Waals surface area contributed by atoms with Crippen molar-refractivity contribution in [3.05, 3.63) is 64.7 Å². The van der Waals surface area contributed by atoms with Crippen LogP contribution in [0.25, 0.3) is 0 Å². The second kappa shape index (κ2) is 15.6. The highest BCUT2D eigenvalue weighted by Gasteiger charge is 2.49. The topological polar surface area (TPSA) is 118 Å². The Balaban J connectivity index is 1.23. The number of amides is 2. The molecule has 0 unspecified atom stereocenters. The van der Waals surface area contributed by atoms with Gasteiger partial charge in [0.05, 0.1) is 16.7 Å². The van der Waals surface area contributed by atoms with Crippen LogP contribution in [0.1, 0.15) is 68.9 Å². The lowest BCUT2D eigenvalue weighted by Crippen LogP contribution is -2.62. The molecule has 5 aliphatic rings. The molecule has 1 saturated heterocycles. The molecule has 7 rings (SSSR count). The number of halogens is 1. The smallest absolute Gasteiger partial charge is 0.410 e. The first-order valence-electron chi connectivity index (χ1n) is 18.8. The van der Waals surface area contributed by atoms with Crippen LogP contribution in [0.15, 0.2) is 53.4 Å². The molecule has 0 radical (unpaired) electrons. The van der Waals surface area contributed by atoms with Crippen LogP contribution < -0.4 is 14.4 Å². The van der Waals surface area contributed by atoms with Gasteiger partial charge in [-0.2, -0.15) is 0 Å². The summed E-state index contributed by atoms with van der Waals surface area (Å²) in [6, 6.07) is 10.8. The van der Waals surface area contributed by atoms with Crippen molar-refractivity contribution in [1.82, 2.24) is 14.5 Å². The highest BCUT2D eigenvalue weighted by atomic mass is 35.5. The van der Waals surface area contributed by atoms with E-state index < -0.39 is 27.6 Å². The summed E-state index contributed by atoms with van der Waals surface area (Å²) in [6.07, 6.45) is 11.3. The number of ether oxygens (including phenoxy) is 3. The summed E-state index contributed by atoms with van der Waals surface area (Å²) < 4.78 is 48.6. The Morgan fingerprint density at radius 1 is 1.00 bits per heavy atom. The number of nitrogens with one attached hydrogen (secondary N) is 1. The summed E-state index contributed by atoms with van der Waals surface area (Å²) in [5, 5.41) is 0.686. The second-order valence-corrected chi connectivity index (χ2v) is 17.3. The maximum Gasteiger partial charge on any atom is 0.410 e. The fourth-order valence-corrected chi connectivity index (χ4v) is 9.71. The lowest BCUT2D eigenvalue weighted by atomic mass is 9.70. The van der Waals surface area contributed by atoms with Crippen LogP contribution in [0.4, 0.5) is 10.5 Å². The van der Waals surface area contributed by atoms with Gasteiger partial charge in [-0.1, -0.05) is 23.7 Å². The van der Waals surface area contributed by atoms with Crippen LogP contribution >= 0.6 is 11.6 Å². The van der Waals surface area contributed by atoms with E-state index in [1.165, 1.54) is 6.07 Å². The van der Waals surface area contributed by atoms with Gasteiger partial charge >= 0.3 is 6.09 Å².